The van der Waals surface area contributed by atoms with Crippen molar-refractivity contribution in [3.05, 3.63) is 0 Å². The Morgan fingerprint density at radius 1 is 1.50 bits per heavy atom. The van der Waals surface area contributed by atoms with Gasteiger partial charge < -0.3 is 5.32 Å². The molecule has 14 heavy (non-hydrogen) atoms. The number of hydrogen-bond acceptors (Lipinski definition) is 3. The summed E-state index contributed by atoms with van der Waals surface area (Å²) < 4.78 is 0. The summed E-state index contributed by atoms with van der Waals surface area (Å²) in [6, 6.07) is 0.553. The van der Waals surface area contributed by atoms with Crippen molar-refractivity contribution in [3.63, 3.8) is 0 Å². The summed E-state index contributed by atoms with van der Waals surface area (Å²) in [7, 11) is 0. The number of nitrogens with one attached hydrogen (secondary N) is 1. The molecule has 1 aliphatic carbocycles. The Balaban J connectivity index is 1.91. The molecule has 0 aromatic carbocycles. The molecule has 1 fully saturated rings. The van der Waals surface area contributed by atoms with Crippen molar-refractivity contribution < 1.29 is 0 Å². The average molecular weight is 212 g/mol. The molecule has 1 saturated carbocycles. The van der Waals surface area contributed by atoms with E-state index >= 15 is 0 Å². The van der Waals surface area contributed by atoms with E-state index in [9.17, 15) is 0 Å². The lowest BCUT2D eigenvalue weighted by Crippen LogP contribution is -2.43. The van der Waals surface area contributed by atoms with E-state index < -0.39 is 0 Å². The largest absolute Gasteiger partial charge is 0.360 e. The van der Waals surface area contributed by atoms with Crippen LogP contribution in [0.3, 0.4) is 0 Å². The van der Waals surface area contributed by atoms with Crippen molar-refractivity contribution in [1.29, 1.82) is 0 Å². The van der Waals surface area contributed by atoms with Gasteiger partial charge in [-0.25, -0.2) is 0 Å². The van der Waals surface area contributed by atoms with E-state index in [4.69, 9.17) is 0 Å². The fraction of sp³-hybridized carbons (Fsp3) is 0.909. The molecule has 3 heteroatoms. The first-order valence-electron chi connectivity index (χ1n) is 5.60. The molecule has 80 valence electrons. The molecule has 1 aliphatic heterocycles. The lowest BCUT2D eigenvalue weighted by atomic mass is 9.99. The zero-order valence-corrected chi connectivity index (χ0v) is 10.2. The lowest BCUT2D eigenvalue weighted by Gasteiger charge is -2.26. The second-order valence-corrected chi connectivity index (χ2v) is 5.94. The molecule has 0 amide bonds. The summed E-state index contributed by atoms with van der Waals surface area (Å²) in [5.74, 6) is 2.03. The van der Waals surface area contributed by atoms with E-state index in [1.165, 1.54) is 30.2 Å². The molecule has 0 aromatic rings. The molecule has 1 atom stereocenters. The van der Waals surface area contributed by atoms with Gasteiger partial charge in [-0.05, 0) is 39.0 Å². The van der Waals surface area contributed by atoms with Gasteiger partial charge in [-0.15, -0.1) is 0 Å². The Kier molecular flexibility index (Phi) is 2.78. The molecule has 0 spiro atoms. The van der Waals surface area contributed by atoms with E-state index in [2.05, 4.69) is 31.1 Å². The monoisotopic (exact) mass is 212 g/mol. The van der Waals surface area contributed by atoms with E-state index in [1.807, 2.05) is 11.8 Å². The minimum atomic E-state index is 0.258. The van der Waals surface area contributed by atoms with E-state index in [-0.39, 0.29) is 5.54 Å². The van der Waals surface area contributed by atoms with Gasteiger partial charge in [0.1, 0.15) is 0 Å². The number of thioether (sulfide) groups is 1. The van der Waals surface area contributed by atoms with Crippen LogP contribution in [0.1, 0.15) is 40.0 Å². The molecule has 1 unspecified atom stereocenters. The fourth-order valence-corrected chi connectivity index (χ4v) is 3.09. The second kappa shape index (κ2) is 3.76. The number of rotatable bonds is 3. The van der Waals surface area contributed by atoms with Crippen molar-refractivity contribution in [1.82, 2.24) is 5.32 Å². The predicted molar refractivity (Wildman–Crippen MR) is 63.9 cm³/mol. The van der Waals surface area contributed by atoms with Crippen LogP contribution in [-0.2, 0) is 0 Å². The van der Waals surface area contributed by atoms with Crippen LogP contribution in [0.15, 0.2) is 4.99 Å². The first kappa shape index (κ1) is 10.3. The van der Waals surface area contributed by atoms with Crippen LogP contribution in [0.25, 0.3) is 0 Å². The maximum atomic E-state index is 4.67. The van der Waals surface area contributed by atoms with Gasteiger partial charge in [0.25, 0.3) is 0 Å². The molecule has 2 rings (SSSR count). The van der Waals surface area contributed by atoms with Gasteiger partial charge in [0, 0.05) is 11.3 Å². The van der Waals surface area contributed by atoms with Crippen LogP contribution in [0.2, 0.25) is 0 Å². The Labute approximate surface area is 90.9 Å². The molecular weight excluding hydrogens is 192 g/mol. The smallest absolute Gasteiger partial charge is 0.157 e. The van der Waals surface area contributed by atoms with Crippen molar-refractivity contribution in [2.75, 3.05) is 5.75 Å². The average Bonchev–Trinajstić information content (AvgIpc) is 2.89. The lowest BCUT2D eigenvalue weighted by molar-refractivity contribution is 0.404. The zero-order chi connectivity index (χ0) is 10.2. The molecule has 0 aromatic heterocycles. The van der Waals surface area contributed by atoms with Gasteiger partial charge in [0.05, 0.1) is 6.04 Å². The first-order chi connectivity index (χ1) is 6.62. The van der Waals surface area contributed by atoms with Crippen molar-refractivity contribution in [2.24, 2.45) is 10.9 Å². The van der Waals surface area contributed by atoms with Gasteiger partial charge in [-0.3, -0.25) is 4.99 Å². The molecule has 2 aliphatic rings. The summed E-state index contributed by atoms with van der Waals surface area (Å²) >= 11 is 1.89. The Hall–Kier alpha value is -0.180. The van der Waals surface area contributed by atoms with Gasteiger partial charge in [0.15, 0.2) is 5.17 Å². The molecule has 0 saturated heterocycles. The third-order valence-electron chi connectivity index (χ3n) is 3.21. The predicted octanol–water partition coefficient (Wildman–Crippen LogP) is 2.65. The normalized spacial score (nSPS) is 27.6. The number of aliphatic imine (C=N–C) groups is 1. The maximum Gasteiger partial charge on any atom is 0.157 e. The van der Waals surface area contributed by atoms with Crippen LogP contribution >= 0.6 is 11.8 Å². The van der Waals surface area contributed by atoms with Crippen LogP contribution in [-0.4, -0.2) is 22.5 Å². The topological polar surface area (TPSA) is 24.4 Å². The van der Waals surface area contributed by atoms with Gasteiger partial charge in [0.2, 0.25) is 0 Å². The quantitative estimate of drug-likeness (QED) is 0.778. The van der Waals surface area contributed by atoms with E-state index in [0.717, 1.165) is 5.92 Å². The van der Waals surface area contributed by atoms with E-state index in [0.29, 0.717) is 6.04 Å². The second-order valence-electron chi connectivity index (χ2n) is 4.93. The minimum Gasteiger partial charge on any atom is -0.360 e. The summed E-state index contributed by atoms with van der Waals surface area (Å²) in [5.41, 5.74) is 0.258. The third-order valence-corrected chi connectivity index (χ3v) is 4.24. The summed E-state index contributed by atoms with van der Waals surface area (Å²) in [4.78, 5) is 4.67. The highest BCUT2D eigenvalue weighted by Crippen LogP contribution is 2.39. The molecule has 1 heterocycles. The molecule has 2 nitrogen and oxygen atoms in total. The highest BCUT2D eigenvalue weighted by Gasteiger charge is 2.38. The van der Waals surface area contributed by atoms with Crippen LogP contribution < -0.4 is 5.32 Å². The molecule has 0 bridgehead atoms. The van der Waals surface area contributed by atoms with Gasteiger partial charge in [-0.1, -0.05) is 18.7 Å². The maximum absolute atomic E-state index is 4.67. The fourth-order valence-electron chi connectivity index (χ4n) is 1.88. The standard InChI is InChI=1S/C11H20N2S/c1-4-9-7-14-10(12-9)13-11(2,3)8-5-6-8/h8-9H,4-7H2,1-3H3,(H,12,13). The van der Waals surface area contributed by atoms with Crippen LogP contribution in [0, 0.1) is 5.92 Å². The molecular formula is C11H20N2S. The van der Waals surface area contributed by atoms with Crippen LogP contribution in [0.5, 0.6) is 0 Å². The van der Waals surface area contributed by atoms with Crippen molar-refractivity contribution in [3.8, 4) is 0 Å². The third kappa shape index (κ3) is 2.25. The first-order valence-corrected chi connectivity index (χ1v) is 6.59. The molecule has 1 N–H and O–H groups in total. The molecule has 0 radical (unpaired) electrons. The number of hydrogen-bond donors (Lipinski definition) is 1. The van der Waals surface area contributed by atoms with Crippen molar-refractivity contribution >= 4 is 16.9 Å². The van der Waals surface area contributed by atoms with Gasteiger partial charge >= 0.3 is 0 Å². The zero-order valence-electron chi connectivity index (χ0n) is 9.34. The minimum absolute atomic E-state index is 0.258. The summed E-state index contributed by atoms with van der Waals surface area (Å²) in [6.45, 7) is 6.81. The number of nitrogens with zero attached hydrogens (tertiary/aromatic N) is 1. The van der Waals surface area contributed by atoms with Gasteiger partial charge in [-0.2, -0.15) is 0 Å². The van der Waals surface area contributed by atoms with Crippen molar-refractivity contribution in [2.45, 2.75) is 51.6 Å². The Morgan fingerprint density at radius 2 is 2.21 bits per heavy atom. The Bertz CT molecular complexity index is 244. The SMILES string of the molecule is CCC1CSC(NC(C)(C)C2CC2)=N1. The summed E-state index contributed by atoms with van der Waals surface area (Å²) in [6.07, 6.45) is 3.94. The number of amidine groups is 1. The van der Waals surface area contributed by atoms with Crippen LogP contribution in [0.4, 0.5) is 0 Å². The Morgan fingerprint density at radius 3 is 2.71 bits per heavy atom. The summed E-state index contributed by atoms with van der Waals surface area (Å²) in [5, 5.41) is 4.77. The highest BCUT2D eigenvalue weighted by atomic mass is 32.2. The van der Waals surface area contributed by atoms with E-state index in [1.54, 1.807) is 0 Å². The highest BCUT2D eigenvalue weighted by molar-refractivity contribution is 8.14.